The molecule has 0 radical (unpaired) electrons. The molecular weight excluding hydrogens is 500 g/mol. The molecule has 0 saturated carbocycles. The van der Waals surface area contributed by atoms with Crippen molar-refractivity contribution in [3.63, 3.8) is 0 Å². The first-order chi connectivity index (χ1) is 18.5. The zero-order valence-electron chi connectivity index (χ0n) is 23.5. The normalized spacial score (nSPS) is 11.8. The van der Waals surface area contributed by atoms with Gasteiger partial charge in [-0.25, -0.2) is 0 Å². The van der Waals surface area contributed by atoms with Crippen molar-refractivity contribution >= 4 is 22.8 Å². The molecule has 9 nitrogen and oxygen atoms in total. The first-order valence-corrected chi connectivity index (χ1v) is 13.3. The topological polar surface area (TPSA) is 130 Å². The second-order valence-electron chi connectivity index (χ2n) is 9.93. The Labute approximate surface area is 230 Å². The summed E-state index contributed by atoms with van der Waals surface area (Å²) in [4.78, 5) is 19.8. The third kappa shape index (κ3) is 10.3. The van der Waals surface area contributed by atoms with Crippen molar-refractivity contribution < 1.29 is 34.4 Å². The molecule has 1 unspecified atom stereocenters. The van der Waals surface area contributed by atoms with Crippen LogP contribution in [-0.2, 0) is 9.59 Å². The SMILES string of the molecule is COc1ccc(-c2cc3c(OCC(O)CNC(C)C)cccc3n2C(C)C)cc1.O=C(O)CCCCC(=O)O. The summed E-state index contributed by atoms with van der Waals surface area (Å²) in [5, 5.41) is 30.8. The number of aliphatic hydroxyl groups excluding tert-OH is 1. The summed E-state index contributed by atoms with van der Waals surface area (Å²) >= 11 is 0. The minimum Gasteiger partial charge on any atom is -0.497 e. The van der Waals surface area contributed by atoms with Crippen LogP contribution in [0, 0.1) is 0 Å². The van der Waals surface area contributed by atoms with E-state index in [4.69, 9.17) is 19.7 Å². The van der Waals surface area contributed by atoms with Crippen LogP contribution in [-0.4, -0.2) is 64.2 Å². The molecule has 1 atom stereocenters. The molecule has 1 aromatic heterocycles. The van der Waals surface area contributed by atoms with Gasteiger partial charge in [-0.2, -0.15) is 0 Å². The molecular formula is C30H42N2O7. The lowest BCUT2D eigenvalue weighted by atomic mass is 10.1. The van der Waals surface area contributed by atoms with Crippen molar-refractivity contribution in [3.8, 4) is 22.8 Å². The molecule has 0 bridgehead atoms. The van der Waals surface area contributed by atoms with Crippen LogP contribution in [0.15, 0.2) is 48.5 Å². The Morgan fingerprint density at radius 2 is 1.56 bits per heavy atom. The Bertz CT molecular complexity index is 1170. The highest BCUT2D eigenvalue weighted by molar-refractivity contribution is 5.92. The highest BCUT2D eigenvalue weighted by atomic mass is 16.5. The zero-order chi connectivity index (χ0) is 28.9. The first kappa shape index (κ1) is 31.7. The number of aliphatic carboxylic acids is 2. The summed E-state index contributed by atoms with van der Waals surface area (Å²) in [5.41, 5.74) is 3.39. The number of unbranched alkanes of at least 4 members (excludes halogenated alkanes) is 1. The van der Waals surface area contributed by atoms with Crippen LogP contribution in [0.4, 0.5) is 0 Å². The van der Waals surface area contributed by atoms with Crippen LogP contribution in [0.25, 0.3) is 22.2 Å². The molecule has 39 heavy (non-hydrogen) atoms. The number of fused-ring (bicyclic) bond motifs is 1. The van der Waals surface area contributed by atoms with Gasteiger partial charge in [-0.1, -0.05) is 19.9 Å². The Morgan fingerprint density at radius 3 is 2.08 bits per heavy atom. The number of benzene rings is 2. The third-order valence-corrected chi connectivity index (χ3v) is 5.97. The summed E-state index contributed by atoms with van der Waals surface area (Å²) in [5.74, 6) is -0.106. The van der Waals surface area contributed by atoms with Crippen LogP contribution >= 0.6 is 0 Å². The van der Waals surface area contributed by atoms with Gasteiger partial charge in [0.05, 0.1) is 12.6 Å². The summed E-state index contributed by atoms with van der Waals surface area (Å²) in [6, 6.07) is 17.0. The Balaban J connectivity index is 0.000000455. The highest BCUT2D eigenvalue weighted by Crippen LogP contribution is 2.36. The predicted molar refractivity (Wildman–Crippen MR) is 153 cm³/mol. The second-order valence-corrected chi connectivity index (χ2v) is 9.93. The van der Waals surface area contributed by atoms with Gasteiger partial charge in [0.15, 0.2) is 0 Å². The molecule has 0 aliphatic heterocycles. The van der Waals surface area contributed by atoms with Gasteiger partial charge in [0.1, 0.15) is 24.2 Å². The lowest BCUT2D eigenvalue weighted by molar-refractivity contribution is -0.139. The lowest BCUT2D eigenvalue weighted by Gasteiger charge is -2.16. The molecule has 2 aromatic carbocycles. The molecule has 0 aliphatic rings. The van der Waals surface area contributed by atoms with E-state index < -0.39 is 18.0 Å². The molecule has 0 amide bonds. The van der Waals surface area contributed by atoms with E-state index in [0.717, 1.165) is 33.7 Å². The van der Waals surface area contributed by atoms with Crippen LogP contribution in [0.2, 0.25) is 0 Å². The van der Waals surface area contributed by atoms with Crippen molar-refractivity contribution in [3.05, 3.63) is 48.5 Å². The van der Waals surface area contributed by atoms with E-state index in [1.807, 2.05) is 24.3 Å². The number of hydrogen-bond donors (Lipinski definition) is 4. The van der Waals surface area contributed by atoms with Crippen molar-refractivity contribution in [2.45, 2.75) is 71.6 Å². The smallest absolute Gasteiger partial charge is 0.303 e. The fourth-order valence-electron chi connectivity index (χ4n) is 4.06. The van der Waals surface area contributed by atoms with E-state index in [2.05, 4.69) is 61.8 Å². The molecule has 4 N–H and O–H groups in total. The number of carbonyl (C=O) groups is 2. The Hall–Kier alpha value is -3.56. The molecule has 3 rings (SSSR count). The Morgan fingerprint density at radius 1 is 0.949 bits per heavy atom. The van der Waals surface area contributed by atoms with Gasteiger partial charge >= 0.3 is 11.9 Å². The highest BCUT2D eigenvalue weighted by Gasteiger charge is 2.17. The average Bonchev–Trinajstić information content (AvgIpc) is 3.29. The largest absolute Gasteiger partial charge is 0.497 e. The lowest BCUT2D eigenvalue weighted by Crippen LogP contribution is -2.35. The van der Waals surface area contributed by atoms with Crippen molar-refractivity contribution in [1.82, 2.24) is 9.88 Å². The molecule has 0 spiro atoms. The van der Waals surface area contributed by atoms with Crippen LogP contribution in [0.1, 0.15) is 59.4 Å². The van der Waals surface area contributed by atoms with Crippen LogP contribution in [0.5, 0.6) is 11.5 Å². The minimum atomic E-state index is -0.870. The van der Waals surface area contributed by atoms with E-state index in [1.54, 1.807) is 7.11 Å². The molecule has 0 saturated heterocycles. The number of carboxylic acid groups (broad SMARTS) is 2. The maximum atomic E-state index is 10.2. The molecule has 3 aromatic rings. The van der Waals surface area contributed by atoms with E-state index >= 15 is 0 Å². The maximum Gasteiger partial charge on any atom is 0.303 e. The van der Waals surface area contributed by atoms with E-state index in [0.29, 0.717) is 31.5 Å². The van der Waals surface area contributed by atoms with Gasteiger partial charge in [-0.15, -0.1) is 0 Å². The average molecular weight is 543 g/mol. The van der Waals surface area contributed by atoms with Gasteiger partial charge in [0.25, 0.3) is 0 Å². The predicted octanol–water partition coefficient (Wildman–Crippen LogP) is 5.35. The van der Waals surface area contributed by atoms with Crippen molar-refractivity contribution in [2.75, 3.05) is 20.3 Å². The third-order valence-electron chi connectivity index (χ3n) is 5.97. The zero-order valence-corrected chi connectivity index (χ0v) is 23.5. The number of aliphatic hydroxyl groups is 1. The second kappa shape index (κ2) is 15.8. The number of ether oxygens (including phenoxy) is 2. The number of nitrogens with one attached hydrogen (secondary N) is 1. The van der Waals surface area contributed by atoms with E-state index in [9.17, 15) is 14.7 Å². The molecule has 9 heteroatoms. The van der Waals surface area contributed by atoms with Crippen molar-refractivity contribution in [2.24, 2.45) is 0 Å². The molecule has 1 heterocycles. The number of aromatic nitrogens is 1. The van der Waals surface area contributed by atoms with Gasteiger partial charge in [-0.3, -0.25) is 9.59 Å². The minimum absolute atomic E-state index is 0.0628. The summed E-state index contributed by atoms with van der Waals surface area (Å²) in [6.45, 7) is 9.25. The van der Waals surface area contributed by atoms with Crippen molar-refractivity contribution in [1.29, 1.82) is 0 Å². The fourth-order valence-corrected chi connectivity index (χ4v) is 4.06. The van der Waals surface area contributed by atoms with Crippen LogP contribution < -0.4 is 14.8 Å². The quantitative estimate of drug-likeness (QED) is 0.201. The summed E-state index contributed by atoms with van der Waals surface area (Å²) < 4.78 is 13.6. The summed E-state index contributed by atoms with van der Waals surface area (Å²) in [7, 11) is 1.68. The number of carboxylic acids is 2. The molecule has 0 fully saturated rings. The van der Waals surface area contributed by atoms with E-state index in [1.165, 1.54) is 0 Å². The summed E-state index contributed by atoms with van der Waals surface area (Å²) in [6.07, 6.45) is 0.463. The van der Waals surface area contributed by atoms with Gasteiger partial charge in [0.2, 0.25) is 0 Å². The van der Waals surface area contributed by atoms with Gasteiger partial charge in [-0.05, 0) is 74.7 Å². The monoisotopic (exact) mass is 542 g/mol. The number of rotatable bonds is 14. The number of hydrogen-bond acceptors (Lipinski definition) is 6. The van der Waals surface area contributed by atoms with Crippen LogP contribution in [0.3, 0.4) is 0 Å². The fraction of sp³-hybridized carbons (Fsp3) is 0.467. The maximum absolute atomic E-state index is 10.2. The first-order valence-electron chi connectivity index (χ1n) is 13.3. The van der Waals surface area contributed by atoms with E-state index in [-0.39, 0.29) is 19.4 Å². The molecule has 0 aliphatic carbocycles. The number of nitrogens with zero attached hydrogens (tertiary/aromatic N) is 1. The number of methoxy groups -OCH3 is 1. The van der Waals surface area contributed by atoms with Gasteiger partial charge in [0, 0.05) is 42.6 Å². The standard InChI is InChI=1S/C24H32N2O3.C6H10O4/c1-16(2)25-14-19(27)15-29-24-8-6-7-22-21(24)13-23(26(22)17(3)4)18-9-11-20(28-5)12-10-18;7-5(8)3-1-2-4-6(9)10/h6-13,16-17,19,25,27H,14-15H2,1-5H3;1-4H2,(H,7,8)(H,9,10). The molecule has 214 valence electrons. The Kier molecular flexibility index (Phi) is 12.8. The van der Waals surface area contributed by atoms with Gasteiger partial charge < -0.3 is 34.7 Å².